The Hall–Kier alpha value is -1.00. The molecule has 0 fully saturated rings. The first-order chi connectivity index (χ1) is 9.60. The zero-order valence-electron chi connectivity index (χ0n) is 13.9. The highest BCUT2D eigenvalue weighted by molar-refractivity contribution is 7.99. The molecular weight excluding hydrogens is 282 g/mol. The molecule has 0 aromatic heterocycles. The lowest BCUT2D eigenvalue weighted by atomic mass is 9.95. The lowest BCUT2D eigenvalue weighted by Crippen LogP contribution is -2.25. The van der Waals surface area contributed by atoms with E-state index in [0.717, 1.165) is 0 Å². The number of nitrogens with two attached hydrogens (primary N) is 1. The standard InChI is InChI=1S/C17H27NO2S/c1-11-7-12(2)16(13(3)8-11)14(18)9-21-10-15(19)20-17(4,5)6/h7-8,14H,9-10,18H2,1-6H3. The lowest BCUT2D eigenvalue weighted by Gasteiger charge is -2.20. The molecule has 0 aliphatic carbocycles. The minimum Gasteiger partial charge on any atom is -0.459 e. The molecule has 3 nitrogen and oxygen atoms in total. The summed E-state index contributed by atoms with van der Waals surface area (Å²) in [4.78, 5) is 11.7. The van der Waals surface area contributed by atoms with Gasteiger partial charge >= 0.3 is 5.97 Å². The van der Waals surface area contributed by atoms with Gasteiger partial charge in [0.1, 0.15) is 5.60 Å². The number of carbonyl (C=O) groups is 1. The molecule has 4 heteroatoms. The molecular formula is C17H27NO2S. The number of carbonyl (C=O) groups excluding carboxylic acids is 1. The van der Waals surface area contributed by atoms with Gasteiger partial charge in [-0.1, -0.05) is 17.7 Å². The van der Waals surface area contributed by atoms with Crippen molar-refractivity contribution in [3.05, 3.63) is 34.4 Å². The Morgan fingerprint density at radius 1 is 1.24 bits per heavy atom. The van der Waals surface area contributed by atoms with Crippen LogP contribution < -0.4 is 5.73 Å². The van der Waals surface area contributed by atoms with Gasteiger partial charge in [-0.3, -0.25) is 4.79 Å². The van der Waals surface area contributed by atoms with Crippen LogP contribution >= 0.6 is 11.8 Å². The zero-order valence-corrected chi connectivity index (χ0v) is 14.8. The Labute approximate surface area is 132 Å². The number of thioether (sulfide) groups is 1. The Bertz CT molecular complexity index is 483. The van der Waals surface area contributed by atoms with E-state index >= 15 is 0 Å². The second-order valence-electron chi connectivity index (χ2n) is 6.52. The van der Waals surface area contributed by atoms with E-state index in [1.807, 2.05) is 20.8 Å². The number of benzene rings is 1. The van der Waals surface area contributed by atoms with Crippen molar-refractivity contribution in [3.8, 4) is 0 Å². The van der Waals surface area contributed by atoms with Crippen LogP contribution in [0.2, 0.25) is 0 Å². The zero-order chi connectivity index (χ0) is 16.2. The van der Waals surface area contributed by atoms with Gasteiger partial charge in [-0.25, -0.2) is 0 Å². The van der Waals surface area contributed by atoms with E-state index in [-0.39, 0.29) is 12.0 Å². The van der Waals surface area contributed by atoms with Crippen molar-refractivity contribution in [2.24, 2.45) is 5.73 Å². The van der Waals surface area contributed by atoms with E-state index in [4.69, 9.17) is 10.5 Å². The Kier molecular flexibility index (Phi) is 6.29. The summed E-state index contributed by atoms with van der Waals surface area (Å²) < 4.78 is 5.29. The topological polar surface area (TPSA) is 52.3 Å². The Morgan fingerprint density at radius 3 is 2.24 bits per heavy atom. The number of aryl methyl sites for hydroxylation is 3. The van der Waals surface area contributed by atoms with E-state index in [1.54, 1.807) is 0 Å². The predicted molar refractivity (Wildman–Crippen MR) is 90.8 cm³/mol. The van der Waals surface area contributed by atoms with Crippen molar-refractivity contribution < 1.29 is 9.53 Å². The second kappa shape index (κ2) is 7.32. The van der Waals surface area contributed by atoms with Gasteiger partial charge in [0.15, 0.2) is 0 Å². The van der Waals surface area contributed by atoms with Crippen molar-refractivity contribution in [1.29, 1.82) is 0 Å². The van der Waals surface area contributed by atoms with Gasteiger partial charge in [-0.2, -0.15) is 0 Å². The minimum absolute atomic E-state index is 0.0574. The van der Waals surface area contributed by atoms with Crippen LogP contribution in [-0.4, -0.2) is 23.1 Å². The molecule has 118 valence electrons. The van der Waals surface area contributed by atoms with Gasteiger partial charge in [0.05, 0.1) is 5.75 Å². The highest BCUT2D eigenvalue weighted by Gasteiger charge is 2.17. The van der Waals surface area contributed by atoms with Gasteiger partial charge in [0.2, 0.25) is 0 Å². The van der Waals surface area contributed by atoms with Crippen LogP contribution in [0.25, 0.3) is 0 Å². The summed E-state index contributed by atoms with van der Waals surface area (Å²) in [7, 11) is 0. The van der Waals surface area contributed by atoms with Crippen molar-refractivity contribution in [2.45, 2.75) is 53.2 Å². The van der Waals surface area contributed by atoms with Crippen LogP contribution in [0.1, 0.15) is 49.1 Å². The molecule has 0 aliphatic rings. The van der Waals surface area contributed by atoms with Crippen molar-refractivity contribution in [3.63, 3.8) is 0 Å². The number of rotatable bonds is 5. The first kappa shape index (κ1) is 18.1. The summed E-state index contributed by atoms with van der Waals surface area (Å²) in [6.45, 7) is 11.9. The summed E-state index contributed by atoms with van der Waals surface area (Å²) in [6.07, 6.45) is 0. The van der Waals surface area contributed by atoms with Gasteiger partial charge in [0.25, 0.3) is 0 Å². The maximum Gasteiger partial charge on any atom is 0.316 e. The summed E-state index contributed by atoms with van der Waals surface area (Å²) in [5.74, 6) is 0.871. The Morgan fingerprint density at radius 2 is 1.76 bits per heavy atom. The smallest absolute Gasteiger partial charge is 0.316 e. The van der Waals surface area contributed by atoms with E-state index in [2.05, 4.69) is 32.9 Å². The van der Waals surface area contributed by atoms with Gasteiger partial charge in [0, 0.05) is 11.8 Å². The molecule has 1 aromatic rings. The number of hydrogen-bond donors (Lipinski definition) is 1. The average molecular weight is 309 g/mol. The molecule has 0 saturated heterocycles. The normalized spacial score (nSPS) is 13.1. The molecule has 0 spiro atoms. The third-order valence-electron chi connectivity index (χ3n) is 3.05. The molecule has 2 N–H and O–H groups in total. The van der Waals surface area contributed by atoms with Crippen LogP contribution in [0, 0.1) is 20.8 Å². The fraction of sp³-hybridized carbons (Fsp3) is 0.588. The van der Waals surface area contributed by atoms with Crippen LogP contribution in [0.5, 0.6) is 0 Å². The monoisotopic (exact) mass is 309 g/mol. The number of esters is 1. The molecule has 21 heavy (non-hydrogen) atoms. The van der Waals surface area contributed by atoms with E-state index in [1.165, 1.54) is 34.0 Å². The van der Waals surface area contributed by atoms with Gasteiger partial charge < -0.3 is 10.5 Å². The largest absolute Gasteiger partial charge is 0.459 e. The molecule has 0 saturated carbocycles. The molecule has 0 radical (unpaired) electrons. The molecule has 0 aliphatic heterocycles. The molecule has 1 rings (SSSR count). The van der Waals surface area contributed by atoms with Crippen LogP contribution in [0.3, 0.4) is 0 Å². The maximum absolute atomic E-state index is 11.7. The Balaban J connectivity index is 2.55. The molecule has 0 heterocycles. The van der Waals surface area contributed by atoms with Crippen molar-refractivity contribution in [2.75, 3.05) is 11.5 Å². The maximum atomic E-state index is 11.7. The highest BCUT2D eigenvalue weighted by Crippen LogP contribution is 2.25. The summed E-state index contributed by atoms with van der Waals surface area (Å²) in [6, 6.07) is 4.25. The molecule has 1 aromatic carbocycles. The first-order valence-electron chi connectivity index (χ1n) is 7.23. The first-order valence-corrected chi connectivity index (χ1v) is 8.38. The minimum atomic E-state index is -0.427. The van der Waals surface area contributed by atoms with Crippen LogP contribution in [0.4, 0.5) is 0 Å². The summed E-state index contributed by atoms with van der Waals surface area (Å²) in [5.41, 5.74) is 10.7. The second-order valence-corrected chi connectivity index (χ2v) is 7.55. The van der Waals surface area contributed by atoms with E-state index in [9.17, 15) is 4.79 Å². The predicted octanol–water partition coefficient (Wildman–Crippen LogP) is 3.69. The van der Waals surface area contributed by atoms with Crippen molar-refractivity contribution >= 4 is 17.7 Å². The van der Waals surface area contributed by atoms with E-state index < -0.39 is 5.60 Å². The fourth-order valence-electron chi connectivity index (χ4n) is 2.50. The SMILES string of the molecule is Cc1cc(C)c(C(N)CSCC(=O)OC(C)(C)C)c(C)c1. The number of ether oxygens (including phenoxy) is 1. The van der Waals surface area contributed by atoms with Gasteiger partial charge in [-0.15, -0.1) is 11.8 Å². The van der Waals surface area contributed by atoms with Crippen LogP contribution in [-0.2, 0) is 9.53 Å². The molecule has 0 bridgehead atoms. The third kappa shape index (κ3) is 6.10. The van der Waals surface area contributed by atoms with Crippen molar-refractivity contribution in [1.82, 2.24) is 0 Å². The average Bonchev–Trinajstić information content (AvgIpc) is 2.24. The summed E-state index contributed by atoms with van der Waals surface area (Å²) >= 11 is 1.53. The quantitative estimate of drug-likeness (QED) is 0.843. The molecule has 1 atom stereocenters. The third-order valence-corrected chi connectivity index (χ3v) is 4.08. The lowest BCUT2D eigenvalue weighted by molar-refractivity contribution is -0.151. The molecule has 0 amide bonds. The summed E-state index contributed by atoms with van der Waals surface area (Å²) in [5, 5.41) is 0. The van der Waals surface area contributed by atoms with E-state index in [0.29, 0.717) is 11.5 Å². The highest BCUT2D eigenvalue weighted by atomic mass is 32.2. The van der Waals surface area contributed by atoms with Gasteiger partial charge in [-0.05, 0) is 58.2 Å². The molecule has 1 unspecified atom stereocenters. The number of hydrogen-bond acceptors (Lipinski definition) is 4. The fourth-order valence-corrected chi connectivity index (χ4v) is 3.26. The van der Waals surface area contributed by atoms with Crippen LogP contribution in [0.15, 0.2) is 12.1 Å².